The summed E-state index contributed by atoms with van der Waals surface area (Å²) in [7, 11) is 0. The summed E-state index contributed by atoms with van der Waals surface area (Å²) in [4.78, 5) is 33.2. The van der Waals surface area contributed by atoms with Crippen LogP contribution in [0.15, 0.2) is 48.8 Å². The maximum Gasteiger partial charge on any atom is 0.255 e. The number of aromatic nitrogens is 1. The largest absolute Gasteiger partial charge is 0.372 e. The van der Waals surface area contributed by atoms with E-state index in [-0.39, 0.29) is 17.7 Å². The summed E-state index contributed by atoms with van der Waals surface area (Å²) in [5.41, 5.74) is 2.57. The van der Waals surface area contributed by atoms with E-state index in [1.54, 1.807) is 29.4 Å². The van der Waals surface area contributed by atoms with Gasteiger partial charge in [0.1, 0.15) is 0 Å². The van der Waals surface area contributed by atoms with Gasteiger partial charge in [-0.15, -0.1) is 0 Å². The maximum absolute atomic E-state index is 12.6. The van der Waals surface area contributed by atoms with E-state index in [1.807, 2.05) is 24.3 Å². The van der Waals surface area contributed by atoms with Gasteiger partial charge < -0.3 is 15.1 Å². The molecular weight excluding hydrogens is 352 g/mol. The summed E-state index contributed by atoms with van der Waals surface area (Å²) >= 11 is 0. The molecule has 0 aliphatic carbocycles. The number of hydrogen-bond donors (Lipinski definition) is 1. The summed E-state index contributed by atoms with van der Waals surface area (Å²) in [6.45, 7) is 7.35. The first kappa shape index (κ1) is 19.9. The molecule has 0 radical (unpaired) electrons. The number of rotatable bonds is 6. The van der Waals surface area contributed by atoms with Crippen LogP contribution >= 0.6 is 0 Å². The van der Waals surface area contributed by atoms with Crippen molar-refractivity contribution < 1.29 is 9.59 Å². The van der Waals surface area contributed by atoms with Gasteiger partial charge >= 0.3 is 0 Å². The third kappa shape index (κ3) is 4.68. The van der Waals surface area contributed by atoms with Crippen LogP contribution in [0.3, 0.4) is 0 Å². The van der Waals surface area contributed by atoms with Crippen molar-refractivity contribution in [2.45, 2.75) is 26.7 Å². The van der Waals surface area contributed by atoms with E-state index in [0.717, 1.165) is 24.5 Å². The van der Waals surface area contributed by atoms with Crippen LogP contribution in [0.4, 0.5) is 11.4 Å². The standard InChI is InChI=1S/C22H28N4O2/c1-3-25(4-2)20-9-7-19(8-10-20)24-21(27)17-11-14-26(15-12-17)22(28)18-6-5-13-23-16-18/h5-10,13,16-17H,3-4,11-12,14-15H2,1-2H3,(H,24,27). The van der Waals surface area contributed by atoms with Crippen LogP contribution in [-0.4, -0.2) is 47.9 Å². The van der Waals surface area contributed by atoms with Gasteiger partial charge in [0.15, 0.2) is 0 Å². The second-order valence-electron chi connectivity index (χ2n) is 7.02. The predicted octanol–water partition coefficient (Wildman–Crippen LogP) is 3.42. The topological polar surface area (TPSA) is 65.5 Å². The first-order valence-corrected chi connectivity index (χ1v) is 9.97. The number of pyridine rings is 1. The molecule has 1 aliphatic rings. The second kappa shape index (κ2) is 9.35. The molecule has 0 saturated carbocycles. The Morgan fingerprint density at radius 1 is 1.11 bits per heavy atom. The van der Waals surface area contributed by atoms with Gasteiger partial charge in [-0.25, -0.2) is 0 Å². The van der Waals surface area contributed by atoms with E-state index in [1.165, 1.54) is 0 Å². The number of piperidine rings is 1. The number of benzene rings is 1. The van der Waals surface area contributed by atoms with E-state index in [0.29, 0.717) is 31.5 Å². The number of amides is 2. The van der Waals surface area contributed by atoms with Crippen LogP contribution in [-0.2, 0) is 4.79 Å². The van der Waals surface area contributed by atoms with E-state index in [4.69, 9.17) is 0 Å². The molecule has 1 N–H and O–H groups in total. The maximum atomic E-state index is 12.6. The van der Waals surface area contributed by atoms with E-state index in [9.17, 15) is 9.59 Å². The highest BCUT2D eigenvalue weighted by atomic mass is 16.2. The fourth-order valence-corrected chi connectivity index (χ4v) is 3.61. The van der Waals surface area contributed by atoms with Crippen LogP contribution in [0.2, 0.25) is 0 Å². The SMILES string of the molecule is CCN(CC)c1ccc(NC(=O)C2CCN(C(=O)c3cccnc3)CC2)cc1. The molecule has 1 fully saturated rings. The summed E-state index contributed by atoms with van der Waals surface area (Å²) in [5.74, 6) is -0.0524. The van der Waals surface area contributed by atoms with Gasteiger partial charge in [-0.2, -0.15) is 0 Å². The molecule has 0 unspecified atom stereocenters. The molecule has 2 heterocycles. The molecular formula is C22H28N4O2. The molecule has 0 atom stereocenters. The average molecular weight is 380 g/mol. The fraction of sp³-hybridized carbons (Fsp3) is 0.409. The monoisotopic (exact) mass is 380 g/mol. The Morgan fingerprint density at radius 3 is 2.36 bits per heavy atom. The summed E-state index contributed by atoms with van der Waals surface area (Å²) in [6, 6.07) is 11.5. The molecule has 148 valence electrons. The third-order valence-corrected chi connectivity index (χ3v) is 5.32. The lowest BCUT2D eigenvalue weighted by molar-refractivity contribution is -0.121. The third-order valence-electron chi connectivity index (χ3n) is 5.32. The number of carbonyl (C=O) groups is 2. The molecule has 2 aromatic rings. The van der Waals surface area contributed by atoms with Crippen LogP contribution in [0.1, 0.15) is 37.0 Å². The zero-order chi connectivity index (χ0) is 19.9. The lowest BCUT2D eigenvalue weighted by Crippen LogP contribution is -2.41. The van der Waals surface area contributed by atoms with Crippen molar-refractivity contribution in [3.05, 3.63) is 54.4 Å². The Kier molecular flexibility index (Phi) is 6.63. The number of nitrogens with zero attached hydrogens (tertiary/aromatic N) is 3. The zero-order valence-corrected chi connectivity index (χ0v) is 16.6. The average Bonchev–Trinajstić information content (AvgIpc) is 2.76. The number of nitrogens with one attached hydrogen (secondary N) is 1. The minimum atomic E-state index is -0.0691. The second-order valence-corrected chi connectivity index (χ2v) is 7.02. The molecule has 1 saturated heterocycles. The van der Waals surface area contributed by atoms with Gasteiger partial charge in [0.25, 0.3) is 5.91 Å². The fourth-order valence-electron chi connectivity index (χ4n) is 3.61. The Morgan fingerprint density at radius 2 is 1.79 bits per heavy atom. The zero-order valence-electron chi connectivity index (χ0n) is 16.6. The quantitative estimate of drug-likeness (QED) is 0.834. The highest BCUT2D eigenvalue weighted by Crippen LogP contribution is 2.22. The molecule has 3 rings (SSSR count). The van der Waals surface area contributed by atoms with Gasteiger partial charge in [-0.3, -0.25) is 14.6 Å². The number of likely N-dealkylation sites (tertiary alicyclic amines) is 1. The molecule has 2 amide bonds. The number of carbonyl (C=O) groups excluding carboxylic acids is 2. The molecule has 0 bridgehead atoms. The minimum absolute atomic E-state index is 0.0149. The predicted molar refractivity (Wildman–Crippen MR) is 111 cm³/mol. The van der Waals surface area contributed by atoms with E-state index < -0.39 is 0 Å². The van der Waals surface area contributed by atoms with Gasteiger partial charge in [0, 0.05) is 55.9 Å². The van der Waals surface area contributed by atoms with E-state index in [2.05, 4.69) is 29.0 Å². The van der Waals surface area contributed by atoms with Crippen molar-refractivity contribution in [2.75, 3.05) is 36.4 Å². The van der Waals surface area contributed by atoms with Crippen LogP contribution in [0.25, 0.3) is 0 Å². The van der Waals surface area contributed by atoms with Crippen molar-refractivity contribution in [1.82, 2.24) is 9.88 Å². The summed E-state index contributed by atoms with van der Waals surface area (Å²) in [5, 5.41) is 3.02. The van der Waals surface area contributed by atoms with Gasteiger partial charge in [-0.1, -0.05) is 0 Å². The van der Waals surface area contributed by atoms with Crippen molar-refractivity contribution in [3.63, 3.8) is 0 Å². The van der Waals surface area contributed by atoms with Crippen molar-refractivity contribution >= 4 is 23.2 Å². The van der Waals surface area contributed by atoms with Crippen molar-refractivity contribution in [1.29, 1.82) is 0 Å². The Hall–Kier alpha value is -2.89. The molecule has 1 aromatic heterocycles. The van der Waals surface area contributed by atoms with Gasteiger partial charge in [0.05, 0.1) is 5.56 Å². The lowest BCUT2D eigenvalue weighted by Gasteiger charge is -2.31. The molecule has 28 heavy (non-hydrogen) atoms. The molecule has 1 aromatic carbocycles. The van der Waals surface area contributed by atoms with Crippen LogP contribution < -0.4 is 10.2 Å². The Bertz CT molecular complexity index is 780. The van der Waals surface area contributed by atoms with Crippen molar-refractivity contribution in [2.24, 2.45) is 5.92 Å². The number of hydrogen-bond acceptors (Lipinski definition) is 4. The smallest absolute Gasteiger partial charge is 0.255 e. The normalized spacial score (nSPS) is 14.6. The van der Waals surface area contributed by atoms with Crippen LogP contribution in [0, 0.1) is 5.92 Å². The first-order valence-electron chi connectivity index (χ1n) is 9.97. The highest BCUT2D eigenvalue weighted by Gasteiger charge is 2.28. The first-order chi connectivity index (χ1) is 13.6. The van der Waals surface area contributed by atoms with Crippen LogP contribution in [0.5, 0.6) is 0 Å². The van der Waals surface area contributed by atoms with Gasteiger partial charge in [-0.05, 0) is 63.1 Å². The minimum Gasteiger partial charge on any atom is -0.372 e. The lowest BCUT2D eigenvalue weighted by atomic mass is 9.95. The molecule has 1 aliphatic heterocycles. The number of anilines is 2. The molecule has 6 heteroatoms. The highest BCUT2D eigenvalue weighted by molar-refractivity contribution is 5.95. The Balaban J connectivity index is 1.52. The summed E-state index contributed by atoms with van der Waals surface area (Å²) in [6.07, 6.45) is 4.59. The van der Waals surface area contributed by atoms with Crippen molar-refractivity contribution in [3.8, 4) is 0 Å². The van der Waals surface area contributed by atoms with Gasteiger partial charge in [0.2, 0.25) is 5.91 Å². The molecule has 6 nitrogen and oxygen atoms in total. The van der Waals surface area contributed by atoms with E-state index >= 15 is 0 Å². The molecule has 0 spiro atoms. The summed E-state index contributed by atoms with van der Waals surface area (Å²) < 4.78 is 0. The Labute approximate surface area is 166 Å².